The predicted molar refractivity (Wildman–Crippen MR) is 81.0 cm³/mol. The molecule has 124 valence electrons. The number of hydrogen-bond acceptors (Lipinski definition) is 5. The van der Waals surface area contributed by atoms with E-state index in [1.54, 1.807) is 0 Å². The van der Waals surface area contributed by atoms with Crippen molar-refractivity contribution in [1.82, 2.24) is 4.90 Å². The summed E-state index contributed by atoms with van der Waals surface area (Å²) in [5.41, 5.74) is 0. The fourth-order valence-electron chi connectivity index (χ4n) is 4.75. The molecule has 0 radical (unpaired) electrons. The quantitative estimate of drug-likeness (QED) is 0.725. The molecule has 0 amide bonds. The molecule has 0 aromatic carbocycles. The smallest absolute Gasteiger partial charge is 0.320 e. The number of carbonyl (C=O) groups is 2. The fourth-order valence-corrected chi connectivity index (χ4v) is 4.75. The lowest BCUT2D eigenvalue weighted by molar-refractivity contribution is -0.155. The van der Waals surface area contributed by atoms with E-state index >= 15 is 0 Å². The molecule has 2 saturated carbocycles. The molecule has 2 bridgehead atoms. The molecule has 5 unspecified atom stereocenters. The van der Waals surface area contributed by atoms with Crippen molar-refractivity contribution >= 4 is 11.9 Å². The number of rotatable bonds is 5. The van der Waals surface area contributed by atoms with E-state index in [1.807, 2.05) is 0 Å². The van der Waals surface area contributed by atoms with Crippen LogP contribution in [-0.4, -0.2) is 48.2 Å². The zero-order valence-corrected chi connectivity index (χ0v) is 14.0. The molecular weight excluding hydrogens is 282 g/mol. The van der Waals surface area contributed by atoms with E-state index in [0.717, 1.165) is 12.8 Å². The van der Waals surface area contributed by atoms with E-state index in [0.29, 0.717) is 37.1 Å². The highest BCUT2D eigenvalue weighted by Crippen LogP contribution is 2.56. The van der Waals surface area contributed by atoms with Crippen molar-refractivity contribution in [3.63, 3.8) is 0 Å². The van der Waals surface area contributed by atoms with Crippen LogP contribution < -0.4 is 0 Å². The van der Waals surface area contributed by atoms with Crippen LogP contribution in [0.1, 0.15) is 40.5 Å². The zero-order valence-electron chi connectivity index (χ0n) is 14.0. The Bertz CT molecular complexity index is 454. The molecule has 1 heterocycles. The first-order chi connectivity index (χ1) is 10.4. The highest BCUT2D eigenvalue weighted by atomic mass is 16.6. The summed E-state index contributed by atoms with van der Waals surface area (Å²) in [4.78, 5) is 26.2. The predicted octanol–water partition coefficient (Wildman–Crippen LogP) is 1.85. The summed E-state index contributed by atoms with van der Waals surface area (Å²) in [6.07, 6.45) is 1.82. The lowest BCUT2D eigenvalue weighted by Gasteiger charge is -2.32. The van der Waals surface area contributed by atoms with E-state index < -0.39 is 0 Å². The van der Waals surface area contributed by atoms with Crippen LogP contribution in [0.15, 0.2) is 0 Å². The standard InChI is InChI=1S/C17H27NO4/c1-9(2)18(10(3)4)7-15(19)22-14-6-11-5-12(14)13-8-21-17(20)16(11)13/h9-14,16H,5-8H2,1-4H3. The van der Waals surface area contributed by atoms with Crippen LogP contribution in [0, 0.1) is 23.7 Å². The lowest BCUT2D eigenvalue weighted by Crippen LogP contribution is -2.43. The van der Waals surface area contributed by atoms with Crippen molar-refractivity contribution in [2.24, 2.45) is 23.7 Å². The molecule has 22 heavy (non-hydrogen) atoms. The topological polar surface area (TPSA) is 55.8 Å². The first-order valence-corrected chi connectivity index (χ1v) is 8.50. The summed E-state index contributed by atoms with van der Waals surface area (Å²) in [5, 5.41) is 0. The molecule has 0 spiro atoms. The molecule has 1 saturated heterocycles. The van der Waals surface area contributed by atoms with Gasteiger partial charge >= 0.3 is 11.9 Å². The SMILES string of the molecule is CC(C)N(CC(=O)OC1CC2CC1C1COC(=O)C21)C(C)C. The molecule has 0 aromatic heterocycles. The van der Waals surface area contributed by atoms with Gasteiger partial charge in [0.2, 0.25) is 0 Å². The molecule has 5 atom stereocenters. The van der Waals surface area contributed by atoms with Crippen LogP contribution in [0.5, 0.6) is 0 Å². The van der Waals surface area contributed by atoms with Crippen LogP contribution in [0.2, 0.25) is 0 Å². The molecule has 3 aliphatic rings. The van der Waals surface area contributed by atoms with Crippen LogP contribution in [0.4, 0.5) is 0 Å². The summed E-state index contributed by atoms with van der Waals surface area (Å²) >= 11 is 0. The van der Waals surface area contributed by atoms with Crippen molar-refractivity contribution in [1.29, 1.82) is 0 Å². The molecule has 5 heteroatoms. The molecular formula is C17H27NO4. The number of fused-ring (bicyclic) bond motifs is 5. The van der Waals surface area contributed by atoms with Gasteiger partial charge in [-0.15, -0.1) is 0 Å². The third-order valence-electron chi connectivity index (χ3n) is 5.72. The molecule has 1 aliphatic heterocycles. The Hall–Kier alpha value is -1.10. The van der Waals surface area contributed by atoms with Crippen LogP contribution >= 0.6 is 0 Å². The largest absolute Gasteiger partial charge is 0.465 e. The van der Waals surface area contributed by atoms with E-state index in [4.69, 9.17) is 9.47 Å². The van der Waals surface area contributed by atoms with Gasteiger partial charge in [0.1, 0.15) is 6.10 Å². The number of esters is 2. The van der Waals surface area contributed by atoms with Gasteiger partial charge < -0.3 is 9.47 Å². The molecule has 5 nitrogen and oxygen atoms in total. The number of carbonyl (C=O) groups excluding carboxylic acids is 2. The van der Waals surface area contributed by atoms with E-state index in [9.17, 15) is 9.59 Å². The average Bonchev–Trinajstić information content (AvgIpc) is 3.08. The van der Waals surface area contributed by atoms with Crippen molar-refractivity contribution in [3.8, 4) is 0 Å². The van der Waals surface area contributed by atoms with Gasteiger partial charge in [0.25, 0.3) is 0 Å². The fraction of sp³-hybridized carbons (Fsp3) is 0.882. The maximum absolute atomic E-state index is 12.3. The normalized spacial score (nSPS) is 36.3. The van der Waals surface area contributed by atoms with Gasteiger partial charge in [-0.2, -0.15) is 0 Å². The highest BCUT2D eigenvalue weighted by Gasteiger charge is 2.60. The van der Waals surface area contributed by atoms with Crippen LogP contribution in [0.25, 0.3) is 0 Å². The Balaban J connectivity index is 1.57. The second kappa shape index (κ2) is 5.84. The monoisotopic (exact) mass is 309 g/mol. The zero-order chi connectivity index (χ0) is 16.0. The number of cyclic esters (lactones) is 1. The van der Waals surface area contributed by atoms with Gasteiger partial charge in [-0.3, -0.25) is 14.5 Å². The second-order valence-electron chi connectivity index (χ2n) is 7.60. The molecule has 0 aromatic rings. The third kappa shape index (κ3) is 2.64. The number of ether oxygens (including phenoxy) is 2. The maximum Gasteiger partial charge on any atom is 0.320 e. The second-order valence-corrected chi connectivity index (χ2v) is 7.60. The summed E-state index contributed by atoms with van der Waals surface area (Å²) in [6.45, 7) is 9.23. The lowest BCUT2D eigenvalue weighted by atomic mass is 9.80. The maximum atomic E-state index is 12.3. The summed E-state index contributed by atoms with van der Waals surface area (Å²) in [7, 11) is 0. The van der Waals surface area contributed by atoms with E-state index in [-0.39, 0.29) is 29.9 Å². The average molecular weight is 309 g/mol. The summed E-state index contributed by atoms with van der Waals surface area (Å²) < 4.78 is 11.0. The Morgan fingerprint density at radius 3 is 2.55 bits per heavy atom. The van der Waals surface area contributed by atoms with Gasteiger partial charge in [0.15, 0.2) is 0 Å². The first-order valence-electron chi connectivity index (χ1n) is 8.50. The Morgan fingerprint density at radius 1 is 1.23 bits per heavy atom. The minimum atomic E-state index is -0.137. The van der Waals surface area contributed by atoms with E-state index in [2.05, 4.69) is 32.6 Å². The van der Waals surface area contributed by atoms with Gasteiger partial charge in [-0.25, -0.2) is 0 Å². The Labute approximate surface area is 132 Å². The Kier molecular flexibility index (Phi) is 4.19. The van der Waals surface area contributed by atoms with Crippen molar-refractivity contribution in [2.45, 2.75) is 58.7 Å². The molecule has 0 N–H and O–H groups in total. The van der Waals surface area contributed by atoms with Gasteiger partial charge in [-0.1, -0.05) is 0 Å². The van der Waals surface area contributed by atoms with Gasteiger partial charge in [0.05, 0.1) is 19.1 Å². The van der Waals surface area contributed by atoms with Crippen molar-refractivity contribution in [2.75, 3.05) is 13.2 Å². The number of nitrogens with zero attached hydrogens (tertiary/aromatic N) is 1. The first kappa shape index (κ1) is 15.8. The molecule has 2 aliphatic carbocycles. The third-order valence-corrected chi connectivity index (χ3v) is 5.72. The summed E-state index contributed by atoms with van der Waals surface area (Å²) in [6, 6.07) is 0.635. The van der Waals surface area contributed by atoms with Gasteiger partial charge in [0, 0.05) is 23.9 Å². The number of hydrogen-bond donors (Lipinski definition) is 0. The van der Waals surface area contributed by atoms with Gasteiger partial charge in [-0.05, 0) is 46.5 Å². The Morgan fingerprint density at radius 2 is 1.91 bits per heavy atom. The highest BCUT2D eigenvalue weighted by molar-refractivity contribution is 5.76. The summed E-state index contributed by atoms with van der Waals surface area (Å²) in [5.74, 6) is 0.846. The van der Waals surface area contributed by atoms with Crippen LogP contribution in [-0.2, 0) is 19.1 Å². The van der Waals surface area contributed by atoms with Crippen molar-refractivity contribution < 1.29 is 19.1 Å². The minimum Gasteiger partial charge on any atom is -0.465 e. The van der Waals surface area contributed by atoms with Crippen LogP contribution in [0.3, 0.4) is 0 Å². The molecule has 3 fully saturated rings. The molecule has 3 rings (SSSR count). The van der Waals surface area contributed by atoms with Crippen molar-refractivity contribution in [3.05, 3.63) is 0 Å². The minimum absolute atomic E-state index is 0.0191. The van der Waals surface area contributed by atoms with E-state index in [1.165, 1.54) is 0 Å².